The molecule has 31 heavy (non-hydrogen) atoms. The fourth-order valence-corrected chi connectivity index (χ4v) is 4.31. The average Bonchev–Trinajstić information content (AvgIpc) is 3.43. The summed E-state index contributed by atoms with van der Waals surface area (Å²) in [6.45, 7) is 1.34. The highest BCUT2D eigenvalue weighted by atomic mass is 35.5. The van der Waals surface area contributed by atoms with Gasteiger partial charge in [-0.3, -0.25) is 9.78 Å². The van der Waals surface area contributed by atoms with Gasteiger partial charge in [0.1, 0.15) is 24.7 Å². The van der Waals surface area contributed by atoms with Crippen LogP contribution in [0.2, 0.25) is 4.34 Å². The first-order chi connectivity index (χ1) is 15.2. The predicted molar refractivity (Wildman–Crippen MR) is 119 cm³/mol. The summed E-state index contributed by atoms with van der Waals surface area (Å²) in [5.74, 6) is 1.21. The van der Waals surface area contributed by atoms with Crippen molar-refractivity contribution in [2.24, 2.45) is 0 Å². The van der Waals surface area contributed by atoms with Gasteiger partial charge in [0, 0.05) is 17.1 Å². The number of nitrogens with zero attached hydrogens (tertiary/aromatic N) is 3. The van der Waals surface area contributed by atoms with E-state index in [1.54, 1.807) is 24.4 Å². The molecule has 0 atom stereocenters. The number of halogens is 1. The summed E-state index contributed by atoms with van der Waals surface area (Å²) in [6.07, 6.45) is 1.69. The summed E-state index contributed by atoms with van der Waals surface area (Å²) >= 11 is 7.52. The fraction of sp³-hybridized carbons (Fsp3) is 0.136. The van der Waals surface area contributed by atoms with Crippen LogP contribution in [0.1, 0.15) is 15.2 Å². The average molecular weight is 453 g/mol. The van der Waals surface area contributed by atoms with Crippen molar-refractivity contribution in [3.63, 3.8) is 0 Å². The predicted octanol–water partition coefficient (Wildman–Crippen LogP) is 4.73. The van der Waals surface area contributed by atoms with E-state index in [4.69, 9.17) is 21.1 Å². The molecule has 0 amide bonds. The molecule has 4 aromatic rings. The molecule has 1 aromatic carbocycles. The summed E-state index contributed by atoms with van der Waals surface area (Å²) in [5, 5.41) is 7.84. The standard InChI is InChI=1S/C22H17ClN4O3S/c23-19-8-7-14(31-19)13-25-20-12-17(16-5-1-2-9-24-16)26-27(20)22(28)15-4-3-6-18-21(15)30-11-10-29-18/h1-9,12,25H,10-11,13H2. The maximum Gasteiger partial charge on any atom is 0.283 e. The second kappa shape index (κ2) is 8.41. The van der Waals surface area contributed by atoms with Crippen molar-refractivity contribution in [3.05, 3.63) is 75.6 Å². The highest BCUT2D eigenvalue weighted by molar-refractivity contribution is 7.16. The Morgan fingerprint density at radius 2 is 2.00 bits per heavy atom. The van der Waals surface area contributed by atoms with Crippen molar-refractivity contribution in [3.8, 4) is 22.9 Å². The van der Waals surface area contributed by atoms with E-state index in [9.17, 15) is 4.79 Å². The molecule has 1 aliphatic heterocycles. The molecule has 0 unspecified atom stereocenters. The minimum atomic E-state index is -0.323. The monoisotopic (exact) mass is 452 g/mol. The lowest BCUT2D eigenvalue weighted by Gasteiger charge is -2.20. The van der Waals surface area contributed by atoms with Crippen LogP contribution in [-0.4, -0.2) is 33.9 Å². The molecule has 0 aliphatic carbocycles. The number of fused-ring (bicyclic) bond motifs is 1. The van der Waals surface area contributed by atoms with Gasteiger partial charge >= 0.3 is 0 Å². The van der Waals surface area contributed by atoms with E-state index in [0.29, 0.717) is 58.4 Å². The molecular weight excluding hydrogens is 436 g/mol. The lowest BCUT2D eigenvalue weighted by Crippen LogP contribution is -2.21. The number of anilines is 1. The lowest BCUT2D eigenvalue weighted by molar-refractivity contribution is 0.0936. The molecule has 0 spiro atoms. The molecule has 3 aromatic heterocycles. The zero-order valence-electron chi connectivity index (χ0n) is 16.2. The minimum absolute atomic E-state index is 0.323. The number of rotatable bonds is 5. The largest absolute Gasteiger partial charge is 0.486 e. The Labute approximate surface area is 187 Å². The number of aromatic nitrogens is 3. The van der Waals surface area contributed by atoms with Crippen LogP contribution in [0.3, 0.4) is 0 Å². The molecule has 0 fully saturated rings. The van der Waals surface area contributed by atoms with Crippen molar-refractivity contribution in [1.29, 1.82) is 0 Å². The van der Waals surface area contributed by atoms with Crippen LogP contribution in [0.4, 0.5) is 5.82 Å². The van der Waals surface area contributed by atoms with Crippen molar-refractivity contribution in [1.82, 2.24) is 14.8 Å². The molecule has 7 nitrogen and oxygen atoms in total. The summed E-state index contributed by atoms with van der Waals surface area (Å²) in [5.41, 5.74) is 1.64. The number of pyridine rings is 1. The van der Waals surface area contributed by atoms with Gasteiger partial charge in [0.2, 0.25) is 0 Å². The number of nitrogens with one attached hydrogen (secondary N) is 1. The van der Waals surface area contributed by atoms with Crippen LogP contribution < -0.4 is 14.8 Å². The summed E-state index contributed by atoms with van der Waals surface area (Å²) < 4.78 is 13.4. The zero-order chi connectivity index (χ0) is 21.2. The highest BCUT2D eigenvalue weighted by Gasteiger charge is 2.24. The number of carbonyl (C=O) groups excluding carboxylic acids is 1. The Kier molecular flexibility index (Phi) is 5.31. The topological polar surface area (TPSA) is 78.3 Å². The Morgan fingerprint density at radius 3 is 2.81 bits per heavy atom. The molecule has 1 N–H and O–H groups in total. The molecule has 4 heterocycles. The number of para-hydroxylation sites is 1. The van der Waals surface area contributed by atoms with Gasteiger partial charge in [0.15, 0.2) is 11.5 Å². The van der Waals surface area contributed by atoms with E-state index in [-0.39, 0.29) is 5.91 Å². The molecule has 0 saturated heterocycles. The van der Waals surface area contributed by atoms with Gasteiger partial charge < -0.3 is 14.8 Å². The number of hydrogen-bond acceptors (Lipinski definition) is 7. The van der Waals surface area contributed by atoms with Crippen molar-refractivity contribution < 1.29 is 14.3 Å². The molecule has 5 rings (SSSR count). The van der Waals surface area contributed by atoms with Gasteiger partial charge in [-0.05, 0) is 36.4 Å². The molecule has 0 bridgehead atoms. The van der Waals surface area contributed by atoms with Gasteiger partial charge in [-0.15, -0.1) is 11.3 Å². The number of hydrogen-bond donors (Lipinski definition) is 1. The van der Waals surface area contributed by atoms with E-state index >= 15 is 0 Å². The van der Waals surface area contributed by atoms with Crippen molar-refractivity contribution in [2.45, 2.75) is 6.54 Å². The van der Waals surface area contributed by atoms with Gasteiger partial charge in [0.25, 0.3) is 5.91 Å². The SMILES string of the molecule is O=C(c1cccc2c1OCCO2)n1nc(-c2ccccn2)cc1NCc1ccc(Cl)s1. The third-order valence-electron chi connectivity index (χ3n) is 4.70. The smallest absolute Gasteiger partial charge is 0.283 e. The second-order valence-corrected chi connectivity index (χ2v) is 8.54. The molecule has 9 heteroatoms. The maximum absolute atomic E-state index is 13.5. The van der Waals surface area contributed by atoms with Crippen LogP contribution in [0.25, 0.3) is 11.4 Å². The number of ether oxygens (including phenoxy) is 2. The van der Waals surface area contributed by atoms with Crippen molar-refractivity contribution in [2.75, 3.05) is 18.5 Å². The molecule has 156 valence electrons. The summed E-state index contributed by atoms with van der Waals surface area (Å²) in [6, 6.07) is 16.4. The van der Waals surface area contributed by atoms with Crippen LogP contribution in [0.15, 0.2) is 60.8 Å². The molecule has 0 radical (unpaired) electrons. The third-order valence-corrected chi connectivity index (χ3v) is 5.93. The van der Waals surface area contributed by atoms with Crippen molar-refractivity contribution >= 4 is 34.7 Å². The Hall–Kier alpha value is -3.36. The van der Waals surface area contributed by atoms with Gasteiger partial charge in [-0.1, -0.05) is 23.7 Å². The van der Waals surface area contributed by atoms with Gasteiger partial charge in [-0.25, -0.2) is 0 Å². The van der Waals surface area contributed by atoms with Gasteiger partial charge in [-0.2, -0.15) is 9.78 Å². The maximum atomic E-state index is 13.5. The van der Waals surface area contributed by atoms with Gasteiger partial charge in [0.05, 0.1) is 22.1 Å². The molecule has 0 saturated carbocycles. The number of carbonyl (C=O) groups is 1. The first kappa shape index (κ1) is 19.6. The normalized spacial score (nSPS) is 12.5. The minimum Gasteiger partial charge on any atom is -0.486 e. The Balaban J connectivity index is 1.53. The van der Waals surface area contributed by atoms with Crippen LogP contribution >= 0.6 is 22.9 Å². The number of thiophene rings is 1. The first-order valence-corrected chi connectivity index (χ1v) is 10.8. The van der Waals surface area contributed by atoms with E-state index in [1.807, 2.05) is 36.4 Å². The summed E-state index contributed by atoms with van der Waals surface area (Å²) in [4.78, 5) is 18.9. The van der Waals surface area contributed by atoms with E-state index in [2.05, 4.69) is 15.4 Å². The van der Waals surface area contributed by atoms with Crippen LogP contribution in [-0.2, 0) is 6.54 Å². The number of benzene rings is 1. The first-order valence-electron chi connectivity index (χ1n) is 9.62. The Bertz CT molecular complexity index is 1240. The Morgan fingerprint density at radius 1 is 1.10 bits per heavy atom. The highest BCUT2D eigenvalue weighted by Crippen LogP contribution is 2.35. The zero-order valence-corrected chi connectivity index (χ0v) is 17.8. The van der Waals surface area contributed by atoms with Crippen LogP contribution in [0.5, 0.6) is 11.5 Å². The second-order valence-electron chi connectivity index (χ2n) is 6.74. The summed E-state index contributed by atoms with van der Waals surface area (Å²) in [7, 11) is 0. The quantitative estimate of drug-likeness (QED) is 0.471. The third kappa shape index (κ3) is 3.99. The van der Waals surface area contributed by atoms with E-state index in [1.165, 1.54) is 16.0 Å². The fourth-order valence-electron chi connectivity index (χ4n) is 3.28. The van der Waals surface area contributed by atoms with E-state index < -0.39 is 0 Å². The van der Waals surface area contributed by atoms with Crippen LogP contribution in [0, 0.1) is 0 Å². The lowest BCUT2D eigenvalue weighted by atomic mass is 10.1. The molecular formula is C22H17ClN4O3S. The molecule has 1 aliphatic rings. The van der Waals surface area contributed by atoms with E-state index in [0.717, 1.165) is 4.88 Å².